The van der Waals surface area contributed by atoms with Crippen molar-refractivity contribution in [2.75, 3.05) is 5.32 Å². The Hall–Kier alpha value is -1.75. The van der Waals surface area contributed by atoms with Gasteiger partial charge in [-0.3, -0.25) is 4.79 Å². The van der Waals surface area contributed by atoms with E-state index in [2.05, 4.69) is 21.2 Å². The van der Waals surface area contributed by atoms with Crippen molar-refractivity contribution < 1.29 is 14.3 Å². The molecule has 0 radical (unpaired) electrons. The van der Waals surface area contributed by atoms with Gasteiger partial charge >= 0.3 is 0 Å². The number of halogens is 1. The van der Waals surface area contributed by atoms with E-state index in [1.54, 1.807) is 24.3 Å². The minimum Gasteiger partial charge on any atom is -0.508 e. The maximum atomic E-state index is 11.6. The molecule has 16 heavy (non-hydrogen) atoms. The molecule has 0 atom stereocenters. The standard InChI is InChI=1S/C11H8BrNO3/c12-10-5-4-9(16-10)11(15)13-7-2-1-3-8(14)6-7/h1-6,14H,(H,13,15). The fourth-order valence-electron chi connectivity index (χ4n) is 1.21. The topological polar surface area (TPSA) is 62.5 Å². The second-order valence-electron chi connectivity index (χ2n) is 3.11. The molecule has 5 heteroatoms. The van der Waals surface area contributed by atoms with Gasteiger partial charge in [0.1, 0.15) is 5.75 Å². The summed E-state index contributed by atoms with van der Waals surface area (Å²) >= 11 is 3.11. The lowest BCUT2D eigenvalue weighted by Crippen LogP contribution is -2.10. The first-order chi connectivity index (χ1) is 7.65. The molecule has 0 aliphatic rings. The zero-order valence-corrected chi connectivity index (χ0v) is 9.69. The van der Waals surface area contributed by atoms with Crippen LogP contribution in [-0.2, 0) is 0 Å². The molecule has 1 aromatic carbocycles. The predicted octanol–water partition coefficient (Wildman–Crippen LogP) is 3.00. The van der Waals surface area contributed by atoms with Crippen LogP contribution in [0.15, 0.2) is 45.5 Å². The number of hydrogen-bond acceptors (Lipinski definition) is 3. The highest BCUT2D eigenvalue weighted by molar-refractivity contribution is 9.10. The maximum absolute atomic E-state index is 11.6. The fraction of sp³-hybridized carbons (Fsp3) is 0. The number of phenols is 1. The molecule has 0 aliphatic carbocycles. The minimum atomic E-state index is -0.365. The largest absolute Gasteiger partial charge is 0.508 e. The number of carbonyl (C=O) groups is 1. The van der Waals surface area contributed by atoms with E-state index in [1.807, 2.05) is 0 Å². The molecule has 0 spiro atoms. The van der Waals surface area contributed by atoms with Gasteiger partial charge in [-0.25, -0.2) is 0 Å². The van der Waals surface area contributed by atoms with Crippen molar-refractivity contribution >= 4 is 27.5 Å². The van der Waals surface area contributed by atoms with Gasteiger partial charge in [0.25, 0.3) is 5.91 Å². The molecule has 0 aliphatic heterocycles. The molecule has 0 saturated carbocycles. The molecule has 2 rings (SSSR count). The van der Waals surface area contributed by atoms with Gasteiger partial charge in [-0.05, 0) is 40.2 Å². The van der Waals surface area contributed by atoms with Crippen LogP contribution in [0, 0.1) is 0 Å². The summed E-state index contributed by atoms with van der Waals surface area (Å²) in [5.41, 5.74) is 0.512. The first-order valence-electron chi connectivity index (χ1n) is 4.51. The van der Waals surface area contributed by atoms with Crippen molar-refractivity contribution in [3.8, 4) is 5.75 Å². The van der Waals surface area contributed by atoms with E-state index in [9.17, 15) is 9.90 Å². The van der Waals surface area contributed by atoms with Gasteiger partial charge < -0.3 is 14.8 Å². The van der Waals surface area contributed by atoms with Crippen LogP contribution in [0.3, 0.4) is 0 Å². The van der Waals surface area contributed by atoms with Gasteiger partial charge in [-0.2, -0.15) is 0 Å². The molecule has 1 heterocycles. The summed E-state index contributed by atoms with van der Waals surface area (Å²) in [6, 6.07) is 9.49. The Bertz CT molecular complexity index is 521. The number of phenolic OH excluding ortho intramolecular Hbond substituents is 1. The Balaban J connectivity index is 2.13. The van der Waals surface area contributed by atoms with Gasteiger partial charge in [-0.15, -0.1) is 0 Å². The number of benzene rings is 1. The monoisotopic (exact) mass is 281 g/mol. The molecular weight excluding hydrogens is 274 g/mol. The van der Waals surface area contributed by atoms with E-state index in [0.29, 0.717) is 10.4 Å². The smallest absolute Gasteiger partial charge is 0.291 e. The molecule has 0 unspecified atom stereocenters. The van der Waals surface area contributed by atoms with Crippen LogP contribution >= 0.6 is 15.9 Å². The summed E-state index contributed by atoms with van der Waals surface area (Å²) in [5.74, 6) is -0.0649. The Morgan fingerprint density at radius 2 is 2.12 bits per heavy atom. The number of aromatic hydroxyl groups is 1. The van der Waals surface area contributed by atoms with Crippen LogP contribution in [0.2, 0.25) is 0 Å². The minimum absolute atomic E-state index is 0.0958. The molecule has 2 aromatic rings. The first-order valence-corrected chi connectivity index (χ1v) is 5.30. The lowest BCUT2D eigenvalue weighted by molar-refractivity contribution is 0.0995. The second-order valence-corrected chi connectivity index (χ2v) is 3.89. The van der Waals surface area contributed by atoms with Gasteiger partial charge in [-0.1, -0.05) is 6.07 Å². The SMILES string of the molecule is O=C(Nc1cccc(O)c1)c1ccc(Br)o1. The molecule has 0 bridgehead atoms. The number of rotatable bonds is 2. The van der Waals surface area contributed by atoms with E-state index in [0.717, 1.165) is 0 Å². The lowest BCUT2D eigenvalue weighted by Gasteiger charge is -2.02. The van der Waals surface area contributed by atoms with Crippen LogP contribution in [-0.4, -0.2) is 11.0 Å². The number of hydrogen-bond donors (Lipinski definition) is 2. The Morgan fingerprint density at radius 1 is 1.31 bits per heavy atom. The molecule has 2 N–H and O–H groups in total. The molecule has 82 valence electrons. The Morgan fingerprint density at radius 3 is 2.75 bits per heavy atom. The van der Waals surface area contributed by atoms with Crippen molar-refractivity contribution in [3.05, 3.63) is 46.8 Å². The van der Waals surface area contributed by atoms with Gasteiger partial charge in [0.05, 0.1) is 0 Å². The third-order valence-electron chi connectivity index (χ3n) is 1.90. The third kappa shape index (κ3) is 2.43. The summed E-state index contributed by atoms with van der Waals surface area (Å²) in [6.45, 7) is 0. The van der Waals surface area contributed by atoms with Crippen LogP contribution in [0.4, 0.5) is 5.69 Å². The molecule has 0 saturated heterocycles. The van der Waals surface area contributed by atoms with Gasteiger partial charge in [0.2, 0.25) is 0 Å². The number of amides is 1. The highest BCUT2D eigenvalue weighted by Gasteiger charge is 2.10. The highest BCUT2D eigenvalue weighted by atomic mass is 79.9. The number of anilines is 1. The average molecular weight is 282 g/mol. The molecule has 1 aromatic heterocycles. The maximum Gasteiger partial charge on any atom is 0.291 e. The van der Waals surface area contributed by atoms with E-state index in [1.165, 1.54) is 12.1 Å². The van der Waals surface area contributed by atoms with E-state index in [-0.39, 0.29) is 17.4 Å². The van der Waals surface area contributed by atoms with Crippen LogP contribution in [0.25, 0.3) is 0 Å². The summed E-state index contributed by atoms with van der Waals surface area (Å²) in [4.78, 5) is 11.6. The molecular formula is C11H8BrNO3. The van der Waals surface area contributed by atoms with Gasteiger partial charge in [0, 0.05) is 11.8 Å². The first kappa shape index (κ1) is 10.8. The van der Waals surface area contributed by atoms with Crippen molar-refractivity contribution in [2.45, 2.75) is 0 Å². The third-order valence-corrected chi connectivity index (χ3v) is 2.33. The normalized spacial score (nSPS) is 10.1. The predicted molar refractivity (Wildman–Crippen MR) is 62.5 cm³/mol. The quantitative estimate of drug-likeness (QED) is 0.890. The number of furan rings is 1. The highest BCUT2D eigenvalue weighted by Crippen LogP contribution is 2.18. The van der Waals surface area contributed by atoms with E-state index in [4.69, 9.17) is 4.42 Å². The van der Waals surface area contributed by atoms with Gasteiger partial charge in [0.15, 0.2) is 10.4 Å². The Labute approximate surface area is 100 Å². The summed E-state index contributed by atoms with van der Waals surface area (Å²) in [5, 5.41) is 11.8. The summed E-state index contributed by atoms with van der Waals surface area (Å²) < 4.78 is 5.58. The van der Waals surface area contributed by atoms with Crippen molar-refractivity contribution in [2.24, 2.45) is 0 Å². The van der Waals surface area contributed by atoms with Crippen molar-refractivity contribution in [1.29, 1.82) is 0 Å². The average Bonchev–Trinajstić information content (AvgIpc) is 2.65. The number of nitrogens with one attached hydrogen (secondary N) is 1. The molecule has 4 nitrogen and oxygen atoms in total. The number of carbonyl (C=O) groups excluding carboxylic acids is 1. The van der Waals surface area contributed by atoms with E-state index < -0.39 is 0 Å². The van der Waals surface area contributed by atoms with E-state index >= 15 is 0 Å². The fourth-order valence-corrected chi connectivity index (χ4v) is 1.52. The van der Waals surface area contributed by atoms with Crippen molar-refractivity contribution in [3.63, 3.8) is 0 Å². The van der Waals surface area contributed by atoms with Crippen LogP contribution < -0.4 is 5.32 Å². The molecule has 1 amide bonds. The second kappa shape index (κ2) is 4.40. The van der Waals surface area contributed by atoms with Crippen LogP contribution in [0.5, 0.6) is 5.75 Å². The van der Waals surface area contributed by atoms with Crippen molar-refractivity contribution in [1.82, 2.24) is 0 Å². The summed E-state index contributed by atoms with van der Waals surface area (Å²) in [7, 11) is 0. The molecule has 0 fully saturated rings. The summed E-state index contributed by atoms with van der Waals surface area (Å²) in [6.07, 6.45) is 0. The lowest BCUT2D eigenvalue weighted by atomic mass is 10.3. The Kier molecular flexibility index (Phi) is 2.96. The van der Waals surface area contributed by atoms with Crippen LogP contribution in [0.1, 0.15) is 10.6 Å². The zero-order valence-electron chi connectivity index (χ0n) is 8.11. The zero-order chi connectivity index (χ0) is 11.5.